The molecule has 0 saturated heterocycles. The Hall–Kier alpha value is -2.70. The molecule has 0 aliphatic rings. The van der Waals surface area contributed by atoms with Crippen molar-refractivity contribution in [3.8, 4) is 0 Å². The van der Waals surface area contributed by atoms with Crippen LogP contribution in [0.4, 0.5) is 0 Å². The van der Waals surface area contributed by atoms with Crippen LogP contribution in [0.2, 0.25) is 0 Å². The van der Waals surface area contributed by atoms with E-state index in [2.05, 4.69) is 20.4 Å². The highest BCUT2D eigenvalue weighted by Gasteiger charge is 2.18. The average Bonchev–Trinajstić information content (AvgIpc) is 3.15. The second-order valence-electron chi connectivity index (χ2n) is 4.68. The zero-order valence-electron chi connectivity index (χ0n) is 11.7. The third-order valence-corrected chi connectivity index (χ3v) is 3.37. The van der Waals surface area contributed by atoms with Gasteiger partial charge in [-0.05, 0) is 12.5 Å². The van der Waals surface area contributed by atoms with Crippen LogP contribution in [0.1, 0.15) is 25.1 Å². The van der Waals surface area contributed by atoms with Crippen LogP contribution in [0.15, 0.2) is 43.2 Å². The molecule has 0 radical (unpaired) electrons. The Morgan fingerprint density at radius 3 is 3.00 bits per heavy atom. The van der Waals surface area contributed by atoms with Gasteiger partial charge in [0.15, 0.2) is 5.65 Å². The highest BCUT2D eigenvalue weighted by Crippen LogP contribution is 2.10. The molecule has 0 bridgehead atoms. The molecule has 3 rings (SSSR count). The maximum Gasteiger partial charge on any atom is 0.245 e. The molecule has 21 heavy (non-hydrogen) atoms. The van der Waals surface area contributed by atoms with Crippen molar-refractivity contribution < 1.29 is 4.79 Å². The van der Waals surface area contributed by atoms with Gasteiger partial charge in [-0.15, -0.1) is 0 Å². The lowest BCUT2D eigenvalue weighted by atomic mass is 10.2. The average molecular weight is 284 g/mol. The largest absolute Gasteiger partial charge is 0.349 e. The molecule has 0 aliphatic heterocycles. The van der Waals surface area contributed by atoms with Gasteiger partial charge in [0.1, 0.15) is 6.04 Å². The molecule has 3 aromatic heterocycles. The maximum atomic E-state index is 12.3. The Balaban J connectivity index is 1.71. The molecule has 0 aromatic carbocycles. The number of carbonyl (C=O) groups is 1. The van der Waals surface area contributed by atoms with E-state index in [0.29, 0.717) is 13.0 Å². The van der Waals surface area contributed by atoms with Gasteiger partial charge < -0.3 is 5.32 Å². The van der Waals surface area contributed by atoms with Crippen LogP contribution in [-0.2, 0) is 11.3 Å². The quantitative estimate of drug-likeness (QED) is 0.763. The third-order valence-electron chi connectivity index (χ3n) is 3.37. The van der Waals surface area contributed by atoms with Crippen molar-refractivity contribution in [2.75, 3.05) is 0 Å². The van der Waals surface area contributed by atoms with Gasteiger partial charge in [-0.2, -0.15) is 5.10 Å². The number of nitrogens with zero attached hydrogens (tertiary/aromatic N) is 5. The zero-order valence-corrected chi connectivity index (χ0v) is 11.7. The van der Waals surface area contributed by atoms with E-state index in [1.54, 1.807) is 35.7 Å². The van der Waals surface area contributed by atoms with Crippen molar-refractivity contribution in [2.24, 2.45) is 0 Å². The van der Waals surface area contributed by atoms with E-state index < -0.39 is 0 Å². The summed E-state index contributed by atoms with van der Waals surface area (Å²) in [5.41, 5.74) is 1.68. The number of nitrogens with one attached hydrogen (secondary N) is 1. The first kappa shape index (κ1) is 13.3. The summed E-state index contributed by atoms with van der Waals surface area (Å²) in [6, 6.07) is 1.52. The Kier molecular flexibility index (Phi) is 3.63. The number of aromatic nitrogens is 5. The summed E-state index contributed by atoms with van der Waals surface area (Å²) in [6.45, 7) is 2.38. The predicted molar refractivity (Wildman–Crippen MR) is 76.4 cm³/mol. The van der Waals surface area contributed by atoms with E-state index in [-0.39, 0.29) is 11.9 Å². The predicted octanol–water partition coefficient (Wildman–Crippen LogP) is 1.19. The second-order valence-corrected chi connectivity index (χ2v) is 4.68. The molecule has 7 nitrogen and oxygen atoms in total. The first-order valence-electron chi connectivity index (χ1n) is 6.82. The molecule has 0 fully saturated rings. The SMILES string of the molecule is CC[C@H](C(=O)NCc1cnc2cnccn12)n1cccn1. The number of fused-ring (bicyclic) bond motifs is 1. The molecule has 1 atom stereocenters. The summed E-state index contributed by atoms with van der Waals surface area (Å²) in [5.74, 6) is -0.0507. The fraction of sp³-hybridized carbons (Fsp3) is 0.286. The molecule has 0 saturated carbocycles. The molecule has 108 valence electrons. The first-order chi connectivity index (χ1) is 10.3. The maximum absolute atomic E-state index is 12.3. The van der Waals surface area contributed by atoms with E-state index in [0.717, 1.165) is 11.3 Å². The normalized spacial score (nSPS) is 12.4. The second kappa shape index (κ2) is 5.74. The van der Waals surface area contributed by atoms with Gasteiger partial charge in [0.05, 0.1) is 24.6 Å². The van der Waals surface area contributed by atoms with Crippen LogP contribution < -0.4 is 5.32 Å². The van der Waals surface area contributed by atoms with Crippen LogP contribution in [0.25, 0.3) is 5.65 Å². The van der Waals surface area contributed by atoms with Gasteiger partial charge >= 0.3 is 0 Å². The third kappa shape index (κ3) is 2.62. The van der Waals surface area contributed by atoms with Crippen LogP contribution >= 0.6 is 0 Å². The number of imidazole rings is 1. The standard InChI is InChI=1S/C14H16N6O/c1-2-12(20-6-3-4-18-20)14(21)17-9-11-8-16-13-10-15-5-7-19(11)13/h3-8,10,12H,2,9H2,1H3,(H,17,21)/t12-/m1/s1. The minimum absolute atomic E-state index is 0.0507. The molecule has 7 heteroatoms. The molecule has 1 N–H and O–H groups in total. The van der Waals surface area contributed by atoms with Crippen LogP contribution in [0.3, 0.4) is 0 Å². The summed E-state index contributed by atoms with van der Waals surface area (Å²) in [5, 5.41) is 7.07. The van der Waals surface area contributed by atoms with Crippen molar-refractivity contribution in [3.63, 3.8) is 0 Å². The zero-order chi connectivity index (χ0) is 14.7. The lowest BCUT2D eigenvalue weighted by molar-refractivity contribution is -0.124. The summed E-state index contributed by atoms with van der Waals surface area (Å²) < 4.78 is 3.58. The van der Waals surface area contributed by atoms with Crippen molar-refractivity contribution in [1.82, 2.24) is 29.5 Å². The molecular weight excluding hydrogens is 268 g/mol. The van der Waals surface area contributed by atoms with Crippen LogP contribution in [0.5, 0.6) is 0 Å². The minimum Gasteiger partial charge on any atom is -0.349 e. The van der Waals surface area contributed by atoms with Gasteiger partial charge in [-0.1, -0.05) is 6.92 Å². The summed E-state index contributed by atoms with van der Waals surface area (Å²) >= 11 is 0. The molecule has 3 aromatic rings. The molecule has 1 amide bonds. The van der Waals surface area contributed by atoms with Crippen molar-refractivity contribution in [3.05, 3.63) is 48.9 Å². The van der Waals surface area contributed by atoms with Gasteiger partial charge in [0.2, 0.25) is 5.91 Å². The number of rotatable bonds is 5. The van der Waals surface area contributed by atoms with Crippen LogP contribution in [0, 0.1) is 0 Å². The van der Waals surface area contributed by atoms with Crippen LogP contribution in [-0.4, -0.2) is 30.1 Å². The van der Waals surface area contributed by atoms with Gasteiger partial charge in [-0.25, -0.2) is 4.98 Å². The number of hydrogen-bond donors (Lipinski definition) is 1. The monoisotopic (exact) mass is 284 g/mol. The fourth-order valence-electron chi connectivity index (χ4n) is 2.28. The van der Waals surface area contributed by atoms with Crippen molar-refractivity contribution in [2.45, 2.75) is 25.9 Å². The van der Waals surface area contributed by atoms with E-state index in [1.807, 2.05) is 23.6 Å². The smallest absolute Gasteiger partial charge is 0.245 e. The Morgan fingerprint density at radius 1 is 1.33 bits per heavy atom. The van der Waals surface area contributed by atoms with Crippen molar-refractivity contribution >= 4 is 11.6 Å². The van der Waals surface area contributed by atoms with Gasteiger partial charge in [0, 0.05) is 24.8 Å². The molecule has 0 spiro atoms. The molecule has 3 heterocycles. The fourth-order valence-corrected chi connectivity index (χ4v) is 2.28. The first-order valence-corrected chi connectivity index (χ1v) is 6.82. The lowest BCUT2D eigenvalue weighted by Gasteiger charge is -2.15. The van der Waals surface area contributed by atoms with E-state index in [4.69, 9.17) is 0 Å². The summed E-state index contributed by atoms with van der Waals surface area (Å²) in [4.78, 5) is 20.5. The highest BCUT2D eigenvalue weighted by atomic mass is 16.2. The topological polar surface area (TPSA) is 77.1 Å². The van der Waals surface area contributed by atoms with Crippen molar-refractivity contribution in [1.29, 1.82) is 0 Å². The Morgan fingerprint density at radius 2 is 2.24 bits per heavy atom. The van der Waals surface area contributed by atoms with E-state index >= 15 is 0 Å². The molecule has 0 aliphatic carbocycles. The highest BCUT2D eigenvalue weighted by molar-refractivity contribution is 5.80. The Bertz CT molecular complexity index is 733. The van der Waals surface area contributed by atoms with Gasteiger partial charge in [0.25, 0.3) is 0 Å². The van der Waals surface area contributed by atoms with E-state index in [9.17, 15) is 4.79 Å². The minimum atomic E-state index is -0.291. The van der Waals surface area contributed by atoms with Gasteiger partial charge in [-0.3, -0.25) is 18.9 Å². The Labute approximate surface area is 121 Å². The molecule has 0 unspecified atom stereocenters. The number of carbonyl (C=O) groups excluding carboxylic acids is 1. The van der Waals surface area contributed by atoms with E-state index in [1.165, 1.54) is 0 Å². The lowest BCUT2D eigenvalue weighted by Crippen LogP contribution is -2.32. The number of amides is 1. The molecular formula is C14H16N6O. The summed E-state index contributed by atoms with van der Waals surface area (Å²) in [7, 11) is 0. The number of hydrogen-bond acceptors (Lipinski definition) is 4. The summed E-state index contributed by atoms with van der Waals surface area (Å²) in [6.07, 6.45) is 11.1.